The molecule has 0 saturated heterocycles. The van der Waals surface area contributed by atoms with E-state index >= 15 is 0 Å². The molecule has 106 valence electrons. The van der Waals surface area contributed by atoms with Crippen LogP contribution in [-0.2, 0) is 4.79 Å². The van der Waals surface area contributed by atoms with Crippen LogP contribution < -0.4 is 17.7 Å². The number of non-ortho nitro benzene ring substituents is 1. The van der Waals surface area contributed by atoms with E-state index in [1.807, 2.05) is 21.1 Å². The monoisotopic (exact) mass is 307 g/mol. The quantitative estimate of drug-likeness (QED) is 0.436. The van der Waals surface area contributed by atoms with Crippen LogP contribution in [0.4, 0.5) is 11.4 Å². The Balaban J connectivity index is 0.00000324. The zero-order valence-corrected chi connectivity index (χ0v) is 12.3. The number of nitro benzene ring substituents is 1. The number of rotatable bonds is 4. The molecule has 0 aliphatic carbocycles. The van der Waals surface area contributed by atoms with Gasteiger partial charge >= 0.3 is 0 Å². The van der Waals surface area contributed by atoms with Gasteiger partial charge in [-0.2, -0.15) is 0 Å². The van der Waals surface area contributed by atoms with Gasteiger partial charge in [0.2, 0.25) is 0 Å². The predicted octanol–water partition coefficient (Wildman–Crippen LogP) is -1.10. The van der Waals surface area contributed by atoms with Gasteiger partial charge in [-0.1, -0.05) is 11.6 Å². The van der Waals surface area contributed by atoms with E-state index in [0.29, 0.717) is 4.48 Å². The highest BCUT2D eigenvalue weighted by molar-refractivity contribution is 6.33. The summed E-state index contributed by atoms with van der Waals surface area (Å²) in [5, 5.41) is 13.5. The smallest absolute Gasteiger partial charge is 0.279 e. The van der Waals surface area contributed by atoms with Gasteiger partial charge in [0, 0.05) is 12.1 Å². The molecule has 19 heavy (non-hydrogen) atoms. The van der Waals surface area contributed by atoms with Crippen molar-refractivity contribution in [2.24, 2.45) is 0 Å². The molecule has 8 heteroatoms. The highest BCUT2D eigenvalue weighted by Crippen LogP contribution is 2.26. The lowest BCUT2D eigenvalue weighted by molar-refractivity contribution is -0.861. The highest BCUT2D eigenvalue weighted by atomic mass is 35.5. The molecule has 6 nitrogen and oxygen atoms in total. The molecule has 0 radical (unpaired) electrons. The summed E-state index contributed by atoms with van der Waals surface area (Å²) in [4.78, 5) is 21.8. The zero-order chi connectivity index (χ0) is 13.9. The van der Waals surface area contributed by atoms with Crippen LogP contribution in [0.1, 0.15) is 0 Å². The molecule has 1 amide bonds. The number of halogens is 2. The first-order valence-electron chi connectivity index (χ1n) is 5.23. The Hall–Kier alpha value is -1.37. The van der Waals surface area contributed by atoms with Crippen molar-refractivity contribution in [3.8, 4) is 0 Å². The maximum Gasteiger partial charge on any atom is 0.279 e. The van der Waals surface area contributed by atoms with E-state index < -0.39 is 4.92 Å². The molecule has 1 aromatic carbocycles. The lowest BCUT2D eigenvalue weighted by Crippen LogP contribution is -3.00. The number of nitrogens with zero attached hydrogens (tertiary/aromatic N) is 2. The van der Waals surface area contributed by atoms with Gasteiger partial charge < -0.3 is 22.2 Å². The fourth-order valence-electron chi connectivity index (χ4n) is 1.34. The van der Waals surface area contributed by atoms with E-state index in [2.05, 4.69) is 5.32 Å². The number of hydrogen-bond donors (Lipinski definition) is 1. The molecule has 0 fully saturated rings. The topological polar surface area (TPSA) is 72.2 Å². The van der Waals surface area contributed by atoms with Crippen LogP contribution in [0.15, 0.2) is 18.2 Å². The minimum Gasteiger partial charge on any atom is -1.00 e. The minimum atomic E-state index is -0.536. The van der Waals surface area contributed by atoms with Crippen molar-refractivity contribution >= 4 is 28.9 Å². The van der Waals surface area contributed by atoms with Crippen molar-refractivity contribution in [2.75, 3.05) is 33.0 Å². The van der Waals surface area contributed by atoms with E-state index in [9.17, 15) is 14.9 Å². The number of anilines is 1. The number of amides is 1. The molecule has 1 aromatic rings. The molecule has 0 atom stereocenters. The average molecular weight is 308 g/mol. The van der Waals surface area contributed by atoms with Crippen LogP contribution >= 0.6 is 11.6 Å². The van der Waals surface area contributed by atoms with Gasteiger partial charge in [-0.05, 0) is 6.07 Å². The second kappa shape index (κ2) is 6.70. The Labute approximate surface area is 122 Å². The molecule has 0 aliphatic heterocycles. The van der Waals surface area contributed by atoms with Crippen LogP contribution in [0, 0.1) is 10.1 Å². The average Bonchev–Trinajstić information content (AvgIpc) is 2.18. The molecular formula is C11H15Cl2N3O3. The first-order valence-corrected chi connectivity index (χ1v) is 5.61. The van der Waals surface area contributed by atoms with Gasteiger partial charge in [0.25, 0.3) is 11.6 Å². The summed E-state index contributed by atoms with van der Waals surface area (Å²) in [6, 6.07) is 3.93. The first-order chi connectivity index (χ1) is 8.19. The molecule has 0 aromatic heterocycles. The second-order valence-electron chi connectivity index (χ2n) is 4.92. The molecule has 1 N–H and O–H groups in total. The third-order valence-corrected chi connectivity index (χ3v) is 2.38. The number of carbonyl (C=O) groups excluding carboxylic acids is 1. The SMILES string of the molecule is C[N+](C)(C)CC(=O)Nc1cc([N+](=O)[O-])ccc1Cl.[Cl-]. The number of nitro groups is 1. The molecule has 0 saturated carbocycles. The van der Waals surface area contributed by atoms with Crippen LogP contribution in [0.5, 0.6) is 0 Å². The van der Waals surface area contributed by atoms with Gasteiger partial charge in [0.15, 0.2) is 6.54 Å². The van der Waals surface area contributed by atoms with Gasteiger partial charge in [0.1, 0.15) is 0 Å². The Morgan fingerprint density at radius 2 is 2.00 bits per heavy atom. The normalized spacial score (nSPS) is 10.5. The summed E-state index contributed by atoms with van der Waals surface area (Å²) in [6.07, 6.45) is 0. The lowest BCUT2D eigenvalue weighted by atomic mass is 10.2. The fourth-order valence-corrected chi connectivity index (χ4v) is 1.51. The number of nitrogens with one attached hydrogen (secondary N) is 1. The number of likely N-dealkylation sites (N-methyl/N-ethyl adjacent to an activating group) is 1. The van der Waals surface area contributed by atoms with Gasteiger partial charge in [-0.25, -0.2) is 0 Å². The molecule has 0 spiro atoms. The van der Waals surface area contributed by atoms with Crippen LogP contribution in [0.25, 0.3) is 0 Å². The molecular weight excluding hydrogens is 293 g/mol. The number of quaternary nitrogens is 1. The van der Waals surface area contributed by atoms with Gasteiger partial charge in [-0.3, -0.25) is 14.9 Å². The predicted molar refractivity (Wildman–Crippen MR) is 69.6 cm³/mol. The van der Waals surface area contributed by atoms with Gasteiger partial charge in [0.05, 0.1) is 36.8 Å². The van der Waals surface area contributed by atoms with Crippen LogP contribution in [0.3, 0.4) is 0 Å². The lowest BCUT2D eigenvalue weighted by Gasteiger charge is -2.22. The zero-order valence-electron chi connectivity index (χ0n) is 10.8. The largest absolute Gasteiger partial charge is 1.00 e. The number of benzene rings is 1. The van der Waals surface area contributed by atoms with Crippen LogP contribution in [-0.4, -0.2) is 43.0 Å². The maximum absolute atomic E-state index is 11.7. The summed E-state index contributed by atoms with van der Waals surface area (Å²) < 4.78 is 0.457. The third kappa shape index (κ3) is 5.87. The van der Waals surface area contributed by atoms with E-state index in [0.717, 1.165) is 0 Å². The maximum atomic E-state index is 11.7. The second-order valence-corrected chi connectivity index (χ2v) is 5.33. The summed E-state index contributed by atoms with van der Waals surface area (Å²) >= 11 is 5.87. The van der Waals surface area contributed by atoms with E-state index in [4.69, 9.17) is 11.6 Å². The van der Waals surface area contributed by atoms with Crippen molar-refractivity contribution in [1.29, 1.82) is 0 Å². The van der Waals surface area contributed by atoms with Crippen molar-refractivity contribution in [2.45, 2.75) is 0 Å². The summed E-state index contributed by atoms with van der Waals surface area (Å²) in [6.45, 7) is 0.249. The fraction of sp³-hybridized carbons (Fsp3) is 0.364. The molecule has 0 aliphatic rings. The van der Waals surface area contributed by atoms with Crippen molar-refractivity contribution in [1.82, 2.24) is 0 Å². The minimum absolute atomic E-state index is 0. The summed E-state index contributed by atoms with van der Waals surface area (Å²) in [5.41, 5.74) is 0.143. The summed E-state index contributed by atoms with van der Waals surface area (Å²) in [5.74, 6) is -0.245. The van der Waals surface area contributed by atoms with Crippen molar-refractivity contribution in [3.05, 3.63) is 33.3 Å². The van der Waals surface area contributed by atoms with E-state index in [-0.39, 0.29) is 41.3 Å². The summed E-state index contributed by atoms with van der Waals surface area (Å²) in [7, 11) is 5.61. The Morgan fingerprint density at radius 1 is 1.42 bits per heavy atom. The first kappa shape index (κ1) is 17.6. The van der Waals surface area contributed by atoms with E-state index in [1.165, 1.54) is 18.2 Å². The van der Waals surface area contributed by atoms with Crippen molar-refractivity contribution in [3.63, 3.8) is 0 Å². The molecule has 0 unspecified atom stereocenters. The molecule has 0 bridgehead atoms. The molecule has 0 heterocycles. The standard InChI is InChI=1S/C11H14ClN3O3.ClH/c1-15(2,3)7-11(16)13-10-6-8(14(17)18)4-5-9(10)12;/h4-6H,7H2,1-3H3;1H. The Morgan fingerprint density at radius 3 is 2.47 bits per heavy atom. The Kier molecular flexibility index (Phi) is 6.21. The van der Waals surface area contributed by atoms with Crippen LogP contribution in [0.2, 0.25) is 5.02 Å². The van der Waals surface area contributed by atoms with Crippen molar-refractivity contribution < 1.29 is 26.6 Å². The number of carbonyl (C=O) groups is 1. The third-order valence-electron chi connectivity index (χ3n) is 2.05. The van der Waals surface area contributed by atoms with Gasteiger partial charge in [-0.15, -0.1) is 0 Å². The Bertz CT molecular complexity index is 487. The number of hydrogen-bond acceptors (Lipinski definition) is 3. The highest BCUT2D eigenvalue weighted by Gasteiger charge is 2.17. The molecule has 1 rings (SSSR count). The van der Waals surface area contributed by atoms with E-state index in [1.54, 1.807) is 0 Å².